The van der Waals surface area contributed by atoms with Crippen LogP contribution >= 0.6 is 0 Å². The number of hydrogen-bond acceptors (Lipinski definition) is 2. The fourth-order valence-electron chi connectivity index (χ4n) is 4.02. The molecule has 0 heterocycles. The number of fused-ring (bicyclic) bond motifs is 1. The van der Waals surface area contributed by atoms with Crippen LogP contribution in [0.1, 0.15) is 52.4 Å². The minimum absolute atomic E-state index is 0.113. The Morgan fingerprint density at radius 2 is 2.15 bits per heavy atom. The number of aliphatic hydroxyl groups excluding tert-OH is 1. The summed E-state index contributed by atoms with van der Waals surface area (Å²) < 4.78 is 0. The van der Waals surface area contributed by atoms with E-state index in [0.717, 1.165) is 31.1 Å². The molecule has 0 bridgehead atoms. The summed E-state index contributed by atoms with van der Waals surface area (Å²) in [5.74, 6) is 2.88. The van der Waals surface area contributed by atoms with Gasteiger partial charge in [0.15, 0.2) is 0 Å². The topological polar surface area (TPSA) is 46.2 Å². The number of hydrogen-bond donors (Lipinski definition) is 2. The van der Waals surface area contributed by atoms with Gasteiger partial charge in [-0.15, -0.1) is 0 Å². The lowest BCUT2D eigenvalue weighted by atomic mass is 9.69. The molecule has 0 amide bonds. The van der Waals surface area contributed by atoms with Crippen LogP contribution in [0.4, 0.5) is 0 Å². The minimum atomic E-state index is -0.350. The van der Waals surface area contributed by atoms with E-state index in [1.807, 2.05) is 6.92 Å². The number of allylic oxidation sites excluding steroid dienone is 4. The molecule has 1 fully saturated rings. The maximum absolute atomic E-state index is 10.00. The van der Waals surface area contributed by atoms with Crippen molar-refractivity contribution >= 4 is 0 Å². The highest BCUT2D eigenvalue weighted by atomic mass is 16.3. The van der Waals surface area contributed by atoms with E-state index < -0.39 is 0 Å². The Hall–Kier alpha value is -0.600. The van der Waals surface area contributed by atoms with Gasteiger partial charge in [-0.2, -0.15) is 0 Å². The van der Waals surface area contributed by atoms with Gasteiger partial charge in [0.05, 0.1) is 6.10 Å². The van der Waals surface area contributed by atoms with E-state index in [0.29, 0.717) is 11.8 Å². The van der Waals surface area contributed by atoms with Crippen LogP contribution in [0.2, 0.25) is 0 Å². The van der Waals surface area contributed by atoms with E-state index in [1.54, 1.807) is 0 Å². The zero-order valence-corrected chi connectivity index (χ0v) is 13.0. The summed E-state index contributed by atoms with van der Waals surface area (Å²) in [6.45, 7) is 4.09. The molecule has 114 valence electrons. The van der Waals surface area contributed by atoms with Gasteiger partial charge in [-0.1, -0.05) is 37.6 Å². The maximum Gasteiger partial charge on any atom is 0.0688 e. The van der Waals surface area contributed by atoms with Gasteiger partial charge in [-0.3, -0.25) is 0 Å². The molecular weight excluding hydrogens is 246 g/mol. The van der Waals surface area contributed by atoms with E-state index in [2.05, 4.69) is 31.2 Å². The summed E-state index contributed by atoms with van der Waals surface area (Å²) in [6, 6.07) is -0.113. The number of aliphatic hydroxyl groups is 1. The van der Waals surface area contributed by atoms with Crippen molar-refractivity contribution in [1.29, 1.82) is 0 Å². The second-order valence-electron chi connectivity index (χ2n) is 6.72. The minimum Gasteiger partial charge on any atom is -0.392 e. The van der Waals surface area contributed by atoms with E-state index in [1.165, 1.54) is 19.3 Å². The highest BCUT2D eigenvalue weighted by Gasteiger charge is 2.37. The molecular formula is C18H31NO. The molecule has 1 saturated carbocycles. The molecule has 0 aromatic carbocycles. The van der Waals surface area contributed by atoms with Crippen molar-refractivity contribution in [2.24, 2.45) is 29.4 Å². The molecule has 2 heteroatoms. The van der Waals surface area contributed by atoms with E-state index in [9.17, 15) is 5.11 Å². The summed E-state index contributed by atoms with van der Waals surface area (Å²) >= 11 is 0. The van der Waals surface area contributed by atoms with Crippen LogP contribution in [0, 0.1) is 23.7 Å². The Kier molecular flexibility index (Phi) is 5.86. The normalized spacial score (nSPS) is 36.2. The zero-order valence-electron chi connectivity index (χ0n) is 13.0. The predicted octanol–water partition coefficient (Wildman–Crippen LogP) is 3.66. The van der Waals surface area contributed by atoms with Crippen molar-refractivity contribution in [3.8, 4) is 0 Å². The Morgan fingerprint density at radius 1 is 1.35 bits per heavy atom. The lowest BCUT2D eigenvalue weighted by Gasteiger charge is -2.36. The quantitative estimate of drug-likeness (QED) is 0.728. The van der Waals surface area contributed by atoms with Crippen LogP contribution in [0.15, 0.2) is 24.3 Å². The summed E-state index contributed by atoms with van der Waals surface area (Å²) in [6.07, 6.45) is 16.3. The molecule has 0 aliphatic heterocycles. The smallest absolute Gasteiger partial charge is 0.0688 e. The van der Waals surface area contributed by atoms with Crippen molar-refractivity contribution in [1.82, 2.24) is 0 Å². The lowest BCUT2D eigenvalue weighted by Crippen LogP contribution is -2.34. The van der Waals surface area contributed by atoms with Crippen molar-refractivity contribution in [3.63, 3.8) is 0 Å². The van der Waals surface area contributed by atoms with Crippen LogP contribution in [0.25, 0.3) is 0 Å². The van der Waals surface area contributed by atoms with Crippen molar-refractivity contribution in [3.05, 3.63) is 24.3 Å². The van der Waals surface area contributed by atoms with Gasteiger partial charge in [0.25, 0.3) is 0 Å². The summed E-state index contributed by atoms with van der Waals surface area (Å²) in [5.41, 5.74) is 5.80. The van der Waals surface area contributed by atoms with Crippen molar-refractivity contribution in [2.45, 2.75) is 64.5 Å². The predicted molar refractivity (Wildman–Crippen MR) is 85.3 cm³/mol. The molecule has 2 rings (SSSR count). The molecule has 0 aromatic rings. The van der Waals surface area contributed by atoms with Crippen LogP contribution < -0.4 is 5.73 Å². The molecule has 0 aromatic heterocycles. The van der Waals surface area contributed by atoms with Gasteiger partial charge in [0, 0.05) is 6.04 Å². The maximum atomic E-state index is 10.00. The highest BCUT2D eigenvalue weighted by molar-refractivity contribution is 5.13. The average molecular weight is 277 g/mol. The van der Waals surface area contributed by atoms with Crippen LogP contribution in [0.5, 0.6) is 0 Å². The van der Waals surface area contributed by atoms with Crippen LogP contribution in [-0.4, -0.2) is 17.3 Å². The van der Waals surface area contributed by atoms with Gasteiger partial charge in [-0.25, -0.2) is 0 Å². The third-order valence-corrected chi connectivity index (χ3v) is 5.25. The summed E-state index contributed by atoms with van der Waals surface area (Å²) in [4.78, 5) is 0. The van der Waals surface area contributed by atoms with Gasteiger partial charge >= 0.3 is 0 Å². The van der Waals surface area contributed by atoms with Gasteiger partial charge in [0.2, 0.25) is 0 Å². The average Bonchev–Trinajstić information content (AvgIpc) is 2.90. The summed E-state index contributed by atoms with van der Waals surface area (Å²) in [5, 5.41) is 10.00. The molecule has 0 spiro atoms. The molecule has 6 atom stereocenters. The second kappa shape index (κ2) is 7.42. The van der Waals surface area contributed by atoms with Crippen LogP contribution in [0.3, 0.4) is 0 Å². The fourth-order valence-corrected chi connectivity index (χ4v) is 4.02. The number of rotatable bonds is 6. The molecule has 0 unspecified atom stereocenters. The third kappa shape index (κ3) is 3.73. The first-order valence-corrected chi connectivity index (χ1v) is 8.42. The van der Waals surface area contributed by atoms with Crippen molar-refractivity contribution in [2.75, 3.05) is 0 Å². The zero-order chi connectivity index (χ0) is 14.5. The first kappa shape index (κ1) is 15.8. The molecule has 2 aliphatic rings. The Morgan fingerprint density at radius 3 is 2.85 bits per heavy atom. The molecule has 3 N–H and O–H groups in total. The molecule has 20 heavy (non-hydrogen) atoms. The first-order chi connectivity index (χ1) is 9.63. The molecule has 0 radical (unpaired) electrons. The van der Waals surface area contributed by atoms with Gasteiger partial charge in [0.1, 0.15) is 0 Å². The molecule has 0 saturated heterocycles. The summed E-state index contributed by atoms with van der Waals surface area (Å²) in [7, 11) is 0. The Bertz CT molecular complexity index is 347. The van der Waals surface area contributed by atoms with Gasteiger partial charge < -0.3 is 10.8 Å². The van der Waals surface area contributed by atoms with E-state index in [-0.39, 0.29) is 12.1 Å². The molecule has 2 aliphatic carbocycles. The lowest BCUT2D eigenvalue weighted by molar-refractivity contribution is 0.116. The number of nitrogens with two attached hydrogens (primary N) is 1. The van der Waals surface area contributed by atoms with E-state index in [4.69, 9.17) is 5.73 Å². The second-order valence-corrected chi connectivity index (χ2v) is 6.72. The Labute approximate surface area is 124 Å². The van der Waals surface area contributed by atoms with Crippen LogP contribution in [-0.2, 0) is 0 Å². The Balaban J connectivity index is 2.03. The van der Waals surface area contributed by atoms with Crippen molar-refractivity contribution < 1.29 is 5.11 Å². The largest absolute Gasteiger partial charge is 0.392 e. The highest BCUT2D eigenvalue weighted by Crippen LogP contribution is 2.46. The monoisotopic (exact) mass is 277 g/mol. The first-order valence-electron chi connectivity index (χ1n) is 8.42. The molecule has 2 nitrogen and oxygen atoms in total. The standard InChI is InChI=1S/C18H31NO/c1-3-4-6-14-9-10-15-7-5-8-16(15)17(14)11-12-18(20)13(2)19/h4,6,9-10,13-18,20H,3,5,7-8,11-12,19H2,1-2H3/b6-4+/t13-,14+,15-,16+,17+,18+/m0/s1. The third-order valence-electron chi connectivity index (χ3n) is 5.25. The van der Waals surface area contributed by atoms with E-state index >= 15 is 0 Å². The fraction of sp³-hybridized carbons (Fsp3) is 0.778. The SMILES string of the molecule is CC/C=C/[C@@H]1C=C[C@@H]2CCC[C@H]2[C@@H]1CC[C@@H](O)[C@H](C)N. The van der Waals surface area contributed by atoms with Gasteiger partial charge in [-0.05, 0) is 62.7 Å².